The summed E-state index contributed by atoms with van der Waals surface area (Å²) in [5, 5.41) is 0. The third-order valence-electron chi connectivity index (χ3n) is 5.38. The van der Waals surface area contributed by atoms with Gasteiger partial charge in [0.25, 0.3) is 5.91 Å². The van der Waals surface area contributed by atoms with Gasteiger partial charge in [-0.15, -0.1) is 0 Å². The largest absolute Gasteiger partial charge is 0.497 e. The summed E-state index contributed by atoms with van der Waals surface area (Å²) in [5.74, 6) is 0.425. The lowest BCUT2D eigenvalue weighted by Gasteiger charge is -2.33. The van der Waals surface area contributed by atoms with Crippen LogP contribution in [0.4, 0.5) is 0 Å². The van der Waals surface area contributed by atoms with Crippen molar-refractivity contribution < 1.29 is 23.8 Å². The molecule has 1 aliphatic rings. The molecule has 0 fully saturated rings. The summed E-state index contributed by atoms with van der Waals surface area (Å²) in [6.07, 6.45) is 5.85. The van der Waals surface area contributed by atoms with Crippen molar-refractivity contribution in [3.63, 3.8) is 0 Å². The van der Waals surface area contributed by atoms with Gasteiger partial charge in [0, 0.05) is 24.8 Å². The Kier molecular flexibility index (Phi) is 7.12. The number of amides is 1. The second-order valence-electron chi connectivity index (χ2n) is 7.16. The number of hydrogen-bond donors (Lipinski definition) is 0. The second kappa shape index (κ2) is 9.96. The summed E-state index contributed by atoms with van der Waals surface area (Å²) in [6.45, 7) is -0.294. The van der Waals surface area contributed by atoms with Crippen LogP contribution < -0.4 is 9.47 Å². The standard InChI is InChI=1S/C24H27NO5/c1-25(21-10-6-8-17-7-4-5-9-20(17)21)23(26)16-30-24(27)14-12-18-11-13-19(28-2)15-22(18)29-3/h4-5,7,9,11-15,21H,6,8,10,16H2,1-3H3/b14-12+. The summed E-state index contributed by atoms with van der Waals surface area (Å²) >= 11 is 0. The number of fused-ring (bicyclic) bond motifs is 1. The van der Waals surface area contributed by atoms with E-state index in [0.29, 0.717) is 17.1 Å². The highest BCUT2D eigenvalue weighted by atomic mass is 16.5. The van der Waals surface area contributed by atoms with E-state index < -0.39 is 5.97 Å². The van der Waals surface area contributed by atoms with Crippen LogP contribution in [0.5, 0.6) is 11.5 Å². The van der Waals surface area contributed by atoms with Gasteiger partial charge in [-0.1, -0.05) is 24.3 Å². The summed E-state index contributed by atoms with van der Waals surface area (Å²) in [7, 11) is 4.88. The minimum Gasteiger partial charge on any atom is -0.497 e. The quantitative estimate of drug-likeness (QED) is 0.514. The predicted molar refractivity (Wildman–Crippen MR) is 114 cm³/mol. The van der Waals surface area contributed by atoms with Crippen LogP contribution in [0, 0.1) is 0 Å². The molecule has 0 saturated carbocycles. The highest BCUT2D eigenvalue weighted by Gasteiger charge is 2.26. The summed E-state index contributed by atoms with van der Waals surface area (Å²) in [4.78, 5) is 26.4. The van der Waals surface area contributed by atoms with E-state index in [1.54, 1.807) is 50.4 Å². The van der Waals surface area contributed by atoms with Crippen molar-refractivity contribution in [1.82, 2.24) is 4.90 Å². The average Bonchev–Trinajstić information content (AvgIpc) is 2.80. The zero-order valence-corrected chi connectivity index (χ0v) is 17.6. The minimum absolute atomic E-state index is 0.0141. The van der Waals surface area contributed by atoms with Crippen LogP contribution in [-0.2, 0) is 20.7 Å². The summed E-state index contributed by atoms with van der Waals surface area (Å²) in [6, 6.07) is 13.5. The number of aryl methyl sites for hydroxylation is 1. The first-order valence-electron chi connectivity index (χ1n) is 9.93. The van der Waals surface area contributed by atoms with Gasteiger partial charge in [-0.3, -0.25) is 4.79 Å². The number of hydrogen-bond acceptors (Lipinski definition) is 5. The molecule has 0 aliphatic heterocycles. The average molecular weight is 409 g/mol. The molecule has 0 radical (unpaired) electrons. The predicted octanol–water partition coefficient (Wildman–Crippen LogP) is 3.80. The van der Waals surface area contributed by atoms with Crippen molar-refractivity contribution in [3.05, 3.63) is 65.2 Å². The van der Waals surface area contributed by atoms with Gasteiger partial charge >= 0.3 is 5.97 Å². The van der Waals surface area contributed by atoms with Crippen LogP contribution >= 0.6 is 0 Å². The number of rotatable bonds is 7. The Hall–Kier alpha value is -3.28. The van der Waals surface area contributed by atoms with Gasteiger partial charge in [0.05, 0.1) is 20.3 Å². The van der Waals surface area contributed by atoms with Gasteiger partial charge in [0.15, 0.2) is 6.61 Å². The van der Waals surface area contributed by atoms with Gasteiger partial charge in [-0.2, -0.15) is 0 Å². The molecule has 6 heteroatoms. The number of benzene rings is 2. The molecule has 2 aromatic carbocycles. The zero-order chi connectivity index (χ0) is 21.5. The lowest BCUT2D eigenvalue weighted by molar-refractivity contribution is -0.148. The molecule has 2 aromatic rings. The van der Waals surface area contributed by atoms with E-state index in [2.05, 4.69) is 12.1 Å². The topological polar surface area (TPSA) is 65.1 Å². The fraction of sp³-hybridized carbons (Fsp3) is 0.333. The van der Waals surface area contributed by atoms with Gasteiger partial charge in [-0.25, -0.2) is 4.79 Å². The molecule has 158 valence electrons. The van der Waals surface area contributed by atoms with Crippen molar-refractivity contribution >= 4 is 18.0 Å². The highest BCUT2D eigenvalue weighted by molar-refractivity contribution is 5.89. The SMILES string of the molecule is COc1ccc(/C=C/C(=O)OCC(=O)N(C)C2CCCc3ccccc32)c(OC)c1. The van der Waals surface area contributed by atoms with E-state index in [9.17, 15) is 9.59 Å². The molecule has 0 spiro atoms. The molecule has 0 heterocycles. The van der Waals surface area contributed by atoms with E-state index >= 15 is 0 Å². The van der Waals surface area contributed by atoms with Gasteiger partial charge in [-0.05, 0) is 48.6 Å². The Morgan fingerprint density at radius 1 is 1.13 bits per heavy atom. The summed E-state index contributed by atoms with van der Waals surface area (Å²) in [5.41, 5.74) is 3.16. The van der Waals surface area contributed by atoms with Crippen LogP contribution in [0.1, 0.15) is 35.6 Å². The number of likely N-dealkylation sites (N-methyl/N-ethyl adjacent to an activating group) is 1. The maximum atomic E-state index is 12.6. The third-order valence-corrected chi connectivity index (χ3v) is 5.38. The number of ether oxygens (including phenoxy) is 3. The normalized spacial score (nSPS) is 15.4. The number of carbonyl (C=O) groups excluding carboxylic acids is 2. The Labute approximate surface area is 177 Å². The molecule has 0 bridgehead atoms. The first kappa shape index (κ1) is 21.4. The Bertz CT molecular complexity index is 937. The molecule has 30 heavy (non-hydrogen) atoms. The molecule has 0 N–H and O–H groups in total. The van der Waals surface area contributed by atoms with E-state index in [4.69, 9.17) is 14.2 Å². The van der Waals surface area contributed by atoms with Crippen molar-refractivity contribution in [2.24, 2.45) is 0 Å². The first-order chi connectivity index (χ1) is 14.5. The lowest BCUT2D eigenvalue weighted by atomic mass is 9.87. The molecular weight excluding hydrogens is 382 g/mol. The van der Waals surface area contributed by atoms with Crippen molar-refractivity contribution in [2.45, 2.75) is 25.3 Å². The first-order valence-corrected chi connectivity index (χ1v) is 9.93. The Morgan fingerprint density at radius 2 is 1.93 bits per heavy atom. The molecule has 6 nitrogen and oxygen atoms in total. The molecule has 1 aliphatic carbocycles. The van der Waals surface area contributed by atoms with Crippen LogP contribution in [0.3, 0.4) is 0 Å². The van der Waals surface area contributed by atoms with Crippen molar-refractivity contribution in [1.29, 1.82) is 0 Å². The maximum absolute atomic E-state index is 12.6. The number of carbonyl (C=O) groups is 2. The lowest BCUT2D eigenvalue weighted by Crippen LogP contribution is -2.36. The van der Waals surface area contributed by atoms with E-state index in [1.165, 1.54) is 17.2 Å². The van der Waals surface area contributed by atoms with Crippen molar-refractivity contribution in [3.8, 4) is 11.5 Å². The van der Waals surface area contributed by atoms with Gasteiger partial charge < -0.3 is 19.1 Å². The third kappa shape index (κ3) is 5.00. The smallest absolute Gasteiger partial charge is 0.331 e. The van der Waals surface area contributed by atoms with Crippen molar-refractivity contribution in [2.75, 3.05) is 27.9 Å². The van der Waals surface area contributed by atoms with Crippen LogP contribution in [-0.4, -0.2) is 44.7 Å². The number of esters is 1. The monoisotopic (exact) mass is 409 g/mol. The molecule has 3 rings (SSSR count). The fourth-order valence-electron chi connectivity index (χ4n) is 3.70. The summed E-state index contributed by atoms with van der Waals surface area (Å²) < 4.78 is 15.6. The van der Waals surface area contributed by atoms with E-state index in [0.717, 1.165) is 19.3 Å². The molecule has 0 saturated heterocycles. The Morgan fingerprint density at radius 3 is 2.70 bits per heavy atom. The van der Waals surface area contributed by atoms with Crippen LogP contribution in [0.2, 0.25) is 0 Å². The Balaban J connectivity index is 1.57. The number of nitrogens with zero attached hydrogens (tertiary/aromatic N) is 1. The van der Waals surface area contributed by atoms with Gasteiger partial charge in [0.2, 0.25) is 0 Å². The van der Waals surface area contributed by atoms with E-state index in [-0.39, 0.29) is 18.6 Å². The van der Waals surface area contributed by atoms with E-state index in [1.807, 2.05) is 12.1 Å². The van der Waals surface area contributed by atoms with Crippen LogP contribution in [0.25, 0.3) is 6.08 Å². The molecule has 1 unspecified atom stereocenters. The number of methoxy groups -OCH3 is 2. The molecular formula is C24H27NO5. The highest BCUT2D eigenvalue weighted by Crippen LogP contribution is 2.33. The minimum atomic E-state index is -0.585. The zero-order valence-electron chi connectivity index (χ0n) is 17.6. The second-order valence-corrected chi connectivity index (χ2v) is 7.16. The molecule has 1 atom stereocenters. The molecule has 0 aromatic heterocycles. The molecule has 1 amide bonds. The van der Waals surface area contributed by atoms with Crippen LogP contribution in [0.15, 0.2) is 48.5 Å². The fourth-order valence-corrected chi connectivity index (χ4v) is 3.70. The maximum Gasteiger partial charge on any atom is 0.331 e. The van der Waals surface area contributed by atoms with Gasteiger partial charge in [0.1, 0.15) is 11.5 Å².